The van der Waals surface area contributed by atoms with E-state index < -0.39 is 0 Å². The summed E-state index contributed by atoms with van der Waals surface area (Å²) in [4.78, 5) is 13.9. The summed E-state index contributed by atoms with van der Waals surface area (Å²) in [6.45, 7) is 4.27. The van der Waals surface area contributed by atoms with Gasteiger partial charge in [0.15, 0.2) is 0 Å². The average molecular weight is 205 g/mol. The minimum Gasteiger partial charge on any atom is -0.300 e. The summed E-state index contributed by atoms with van der Waals surface area (Å²) in [5.41, 5.74) is -0.146. The van der Waals surface area contributed by atoms with E-state index in [-0.39, 0.29) is 5.54 Å². The molecule has 0 aliphatic carbocycles. The molecule has 2 fully saturated rings. The summed E-state index contributed by atoms with van der Waals surface area (Å²) in [6.07, 6.45) is 10.3. The van der Waals surface area contributed by atoms with E-state index in [1.807, 2.05) is 0 Å². The monoisotopic (exact) mass is 205 g/mol. The molecule has 0 amide bonds. The molecule has 2 heterocycles. The van der Waals surface area contributed by atoms with Crippen molar-refractivity contribution >= 4 is 5.78 Å². The maximum atomic E-state index is 11.5. The Balaban J connectivity index is 2.25. The molecule has 3 atom stereocenters. The Hall–Kier alpha value is -0.810. The smallest absolute Gasteiger partial charge is 0.136 e. The van der Waals surface area contributed by atoms with Crippen molar-refractivity contribution in [2.24, 2.45) is 0 Å². The molecular formula is C13H19NO. The van der Waals surface area contributed by atoms with E-state index in [4.69, 9.17) is 6.42 Å². The topological polar surface area (TPSA) is 20.3 Å². The van der Waals surface area contributed by atoms with E-state index in [2.05, 4.69) is 24.7 Å². The van der Waals surface area contributed by atoms with Crippen LogP contribution in [0, 0.1) is 12.3 Å². The molecule has 2 aliphatic rings. The summed E-state index contributed by atoms with van der Waals surface area (Å²) in [6, 6.07) is 0.828. The highest BCUT2D eigenvalue weighted by Gasteiger charge is 2.47. The van der Waals surface area contributed by atoms with Crippen molar-refractivity contribution in [1.82, 2.24) is 4.90 Å². The second-order valence-corrected chi connectivity index (χ2v) is 5.01. The number of terminal acetylenes is 1. The molecule has 0 aromatic carbocycles. The lowest BCUT2D eigenvalue weighted by atomic mass is 9.90. The van der Waals surface area contributed by atoms with Gasteiger partial charge in [-0.15, -0.1) is 6.42 Å². The van der Waals surface area contributed by atoms with E-state index in [0.29, 0.717) is 30.7 Å². The standard InChI is InChI=1S/C13H19NO/c1-4-13(3,5-2)14-10-6-7-11(14)9-12(15)8-10/h1,10-11H,5-9H2,2-3H3. The Labute approximate surface area is 92.0 Å². The van der Waals surface area contributed by atoms with Gasteiger partial charge in [0.2, 0.25) is 0 Å². The van der Waals surface area contributed by atoms with Crippen LogP contribution in [0.2, 0.25) is 0 Å². The molecule has 0 aromatic rings. The van der Waals surface area contributed by atoms with Gasteiger partial charge >= 0.3 is 0 Å². The maximum absolute atomic E-state index is 11.5. The van der Waals surface area contributed by atoms with Crippen molar-refractivity contribution in [3.05, 3.63) is 0 Å². The van der Waals surface area contributed by atoms with Gasteiger partial charge in [0, 0.05) is 24.9 Å². The van der Waals surface area contributed by atoms with E-state index in [0.717, 1.165) is 19.3 Å². The minimum atomic E-state index is -0.146. The zero-order valence-corrected chi connectivity index (χ0v) is 9.62. The molecule has 82 valence electrons. The number of carbonyl (C=O) groups is 1. The quantitative estimate of drug-likeness (QED) is 0.642. The van der Waals surface area contributed by atoms with Crippen molar-refractivity contribution in [3.63, 3.8) is 0 Å². The number of hydrogen-bond donors (Lipinski definition) is 0. The second-order valence-electron chi connectivity index (χ2n) is 5.01. The molecule has 2 nitrogen and oxygen atoms in total. The number of hydrogen-bond acceptors (Lipinski definition) is 2. The van der Waals surface area contributed by atoms with E-state index in [1.54, 1.807) is 0 Å². The molecule has 15 heavy (non-hydrogen) atoms. The molecular weight excluding hydrogens is 186 g/mol. The van der Waals surface area contributed by atoms with Gasteiger partial charge in [-0.05, 0) is 26.2 Å². The predicted molar refractivity (Wildman–Crippen MR) is 60.4 cm³/mol. The van der Waals surface area contributed by atoms with Gasteiger partial charge < -0.3 is 0 Å². The fourth-order valence-corrected chi connectivity index (χ4v) is 3.14. The Bertz CT molecular complexity index is 301. The van der Waals surface area contributed by atoms with Crippen molar-refractivity contribution in [2.45, 2.75) is 63.6 Å². The lowest BCUT2D eigenvalue weighted by Crippen LogP contribution is -2.55. The van der Waals surface area contributed by atoms with Crippen molar-refractivity contribution in [3.8, 4) is 12.3 Å². The van der Waals surface area contributed by atoms with Crippen LogP contribution in [0.15, 0.2) is 0 Å². The molecule has 2 aliphatic heterocycles. The van der Waals surface area contributed by atoms with Gasteiger partial charge in [-0.3, -0.25) is 9.69 Å². The van der Waals surface area contributed by atoms with Gasteiger partial charge in [0.05, 0.1) is 5.54 Å². The second kappa shape index (κ2) is 3.64. The Morgan fingerprint density at radius 3 is 2.40 bits per heavy atom. The van der Waals surface area contributed by atoms with Crippen LogP contribution in [0.25, 0.3) is 0 Å². The third-order valence-electron chi connectivity index (χ3n) is 4.12. The molecule has 0 saturated carbocycles. The molecule has 2 saturated heterocycles. The summed E-state index contributed by atoms with van der Waals surface area (Å²) in [5.74, 6) is 3.35. The molecule has 2 bridgehead atoms. The molecule has 0 aromatic heterocycles. The fourth-order valence-electron chi connectivity index (χ4n) is 3.14. The highest BCUT2D eigenvalue weighted by molar-refractivity contribution is 5.81. The van der Waals surface area contributed by atoms with Gasteiger partial charge in [-0.25, -0.2) is 0 Å². The Morgan fingerprint density at radius 1 is 1.47 bits per heavy atom. The van der Waals surface area contributed by atoms with Crippen molar-refractivity contribution < 1.29 is 4.79 Å². The third-order valence-corrected chi connectivity index (χ3v) is 4.12. The SMILES string of the molecule is C#CC(C)(CC)N1C2CCC1CC(=O)C2. The molecule has 0 radical (unpaired) electrons. The van der Waals surface area contributed by atoms with Crippen LogP contribution in [0.1, 0.15) is 46.0 Å². The number of rotatable bonds is 2. The third kappa shape index (κ3) is 1.59. The Kier molecular flexibility index (Phi) is 2.60. The van der Waals surface area contributed by atoms with Gasteiger partial charge in [0.25, 0.3) is 0 Å². The zero-order chi connectivity index (χ0) is 11.1. The number of fused-ring (bicyclic) bond motifs is 2. The molecule has 0 N–H and O–H groups in total. The summed E-state index contributed by atoms with van der Waals surface area (Å²) >= 11 is 0. The maximum Gasteiger partial charge on any atom is 0.136 e. The van der Waals surface area contributed by atoms with Crippen LogP contribution in [0.4, 0.5) is 0 Å². The summed E-state index contributed by atoms with van der Waals surface area (Å²) < 4.78 is 0. The summed E-state index contributed by atoms with van der Waals surface area (Å²) in [5, 5.41) is 0. The molecule has 3 unspecified atom stereocenters. The molecule has 2 heteroatoms. The Morgan fingerprint density at radius 2 is 2.00 bits per heavy atom. The van der Waals surface area contributed by atoms with E-state index in [1.165, 1.54) is 0 Å². The number of carbonyl (C=O) groups excluding carboxylic acids is 1. The first-order valence-electron chi connectivity index (χ1n) is 5.88. The fraction of sp³-hybridized carbons (Fsp3) is 0.769. The van der Waals surface area contributed by atoms with Gasteiger partial charge in [-0.1, -0.05) is 12.8 Å². The van der Waals surface area contributed by atoms with Crippen LogP contribution in [-0.4, -0.2) is 28.3 Å². The largest absolute Gasteiger partial charge is 0.300 e. The number of piperidine rings is 1. The van der Waals surface area contributed by atoms with Gasteiger partial charge in [0.1, 0.15) is 5.78 Å². The summed E-state index contributed by atoms with van der Waals surface area (Å²) in [7, 11) is 0. The first-order chi connectivity index (χ1) is 7.10. The number of ketones is 1. The highest BCUT2D eigenvalue weighted by atomic mass is 16.1. The molecule has 0 spiro atoms. The normalized spacial score (nSPS) is 34.9. The van der Waals surface area contributed by atoms with E-state index in [9.17, 15) is 4.79 Å². The number of nitrogens with zero attached hydrogens (tertiary/aromatic N) is 1. The van der Waals surface area contributed by atoms with E-state index >= 15 is 0 Å². The van der Waals surface area contributed by atoms with Crippen LogP contribution >= 0.6 is 0 Å². The number of Topliss-reactive ketones (excluding diaryl/α,β-unsaturated/α-hetero) is 1. The van der Waals surface area contributed by atoms with Crippen LogP contribution in [-0.2, 0) is 4.79 Å². The predicted octanol–water partition coefficient (Wildman–Crippen LogP) is 1.98. The van der Waals surface area contributed by atoms with Crippen molar-refractivity contribution in [1.29, 1.82) is 0 Å². The molecule has 2 rings (SSSR count). The first-order valence-corrected chi connectivity index (χ1v) is 5.88. The van der Waals surface area contributed by atoms with Crippen LogP contribution < -0.4 is 0 Å². The minimum absolute atomic E-state index is 0.146. The highest BCUT2D eigenvalue weighted by Crippen LogP contribution is 2.40. The average Bonchev–Trinajstić information content (AvgIpc) is 2.51. The van der Waals surface area contributed by atoms with Gasteiger partial charge in [-0.2, -0.15) is 0 Å². The lowest BCUT2D eigenvalue weighted by Gasteiger charge is -2.44. The zero-order valence-electron chi connectivity index (χ0n) is 9.62. The van der Waals surface area contributed by atoms with Crippen LogP contribution in [0.3, 0.4) is 0 Å². The first kappa shape index (κ1) is 10.7. The van der Waals surface area contributed by atoms with Crippen molar-refractivity contribution in [2.75, 3.05) is 0 Å². The lowest BCUT2D eigenvalue weighted by molar-refractivity contribution is -0.125. The van der Waals surface area contributed by atoms with Crippen LogP contribution in [0.5, 0.6) is 0 Å².